The van der Waals surface area contributed by atoms with Crippen molar-refractivity contribution >= 4 is 17.3 Å². The summed E-state index contributed by atoms with van der Waals surface area (Å²) in [6, 6.07) is 8.84. The summed E-state index contributed by atoms with van der Waals surface area (Å²) in [5.41, 5.74) is 1.77. The van der Waals surface area contributed by atoms with Crippen molar-refractivity contribution in [3.8, 4) is 0 Å². The molecular formula is C16H14F2N2O. The van der Waals surface area contributed by atoms with E-state index in [0.29, 0.717) is 5.56 Å². The van der Waals surface area contributed by atoms with Crippen LogP contribution in [-0.2, 0) is 6.42 Å². The average molecular weight is 288 g/mol. The second-order valence-electron chi connectivity index (χ2n) is 4.92. The fourth-order valence-corrected chi connectivity index (χ4v) is 2.50. The number of para-hydroxylation sites is 2. The van der Waals surface area contributed by atoms with Crippen LogP contribution in [0.15, 0.2) is 36.4 Å². The molecule has 1 heterocycles. The normalized spacial score (nSPS) is 13.2. The molecular weight excluding hydrogens is 274 g/mol. The van der Waals surface area contributed by atoms with Crippen molar-refractivity contribution in [1.29, 1.82) is 0 Å². The van der Waals surface area contributed by atoms with Gasteiger partial charge in [-0.3, -0.25) is 4.79 Å². The van der Waals surface area contributed by atoms with Crippen molar-refractivity contribution < 1.29 is 13.6 Å². The molecule has 3 rings (SSSR count). The molecule has 0 aliphatic carbocycles. The van der Waals surface area contributed by atoms with Crippen LogP contribution in [0.1, 0.15) is 22.3 Å². The molecule has 108 valence electrons. The van der Waals surface area contributed by atoms with Crippen molar-refractivity contribution in [3.63, 3.8) is 0 Å². The van der Waals surface area contributed by atoms with Crippen molar-refractivity contribution in [3.05, 3.63) is 59.2 Å². The van der Waals surface area contributed by atoms with Gasteiger partial charge in [0.1, 0.15) is 17.3 Å². The van der Waals surface area contributed by atoms with Gasteiger partial charge in [0.15, 0.2) is 0 Å². The molecule has 1 aliphatic heterocycles. The third-order valence-electron chi connectivity index (χ3n) is 3.52. The number of anilines is 2. The molecule has 2 aromatic carbocycles. The van der Waals surface area contributed by atoms with E-state index in [1.807, 2.05) is 6.07 Å². The Balaban J connectivity index is 1.93. The number of nitrogens with one attached hydrogen (secondary N) is 2. The largest absolute Gasteiger partial charge is 0.384 e. The zero-order valence-electron chi connectivity index (χ0n) is 11.2. The molecule has 21 heavy (non-hydrogen) atoms. The zero-order chi connectivity index (χ0) is 14.8. The maximum Gasteiger partial charge on any atom is 0.257 e. The molecule has 0 saturated carbocycles. The van der Waals surface area contributed by atoms with E-state index < -0.39 is 23.2 Å². The summed E-state index contributed by atoms with van der Waals surface area (Å²) < 4.78 is 27.2. The Morgan fingerprint density at radius 2 is 1.81 bits per heavy atom. The Bertz CT molecular complexity index is 680. The molecule has 2 aromatic rings. The molecule has 0 saturated heterocycles. The van der Waals surface area contributed by atoms with Gasteiger partial charge in [-0.2, -0.15) is 0 Å². The van der Waals surface area contributed by atoms with Gasteiger partial charge in [0, 0.05) is 6.54 Å². The first-order chi connectivity index (χ1) is 10.2. The number of amides is 1. The van der Waals surface area contributed by atoms with Crippen molar-refractivity contribution in [1.82, 2.24) is 0 Å². The van der Waals surface area contributed by atoms with Crippen LogP contribution in [-0.4, -0.2) is 12.5 Å². The highest BCUT2D eigenvalue weighted by molar-refractivity contribution is 6.08. The summed E-state index contributed by atoms with van der Waals surface area (Å²) >= 11 is 0. The van der Waals surface area contributed by atoms with Crippen molar-refractivity contribution in [2.45, 2.75) is 12.8 Å². The minimum Gasteiger partial charge on any atom is -0.384 e. The number of carbonyl (C=O) groups is 1. The molecule has 3 nitrogen and oxygen atoms in total. The lowest BCUT2D eigenvalue weighted by Gasteiger charge is -2.20. The molecule has 2 N–H and O–H groups in total. The lowest BCUT2D eigenvalue weighted by molar-refractivity contribution is 0.102. The second kappa shape index (κ2) is 5.52. The van der Waals surface area contributed by atoms with Crippen molar-refractivity contribution in [2.75, 3.05) is 17.2 Å². The third kappa shape index (κ3) is 2.59. The smallest absolute Gasteiger partial charge is 0.257 e. The van der Waals surface area contributed by atoms with Crippen LogP contribution in [0.25, 0.3) is 0 Å². The topological polar surface area (TPSA) is 41.1 Å². The second-order valence-corrected chi connectivity index (χ2v) is 4.92. The first-order valence-corrected chi connectivity index (χ1v) is 6.78. The highest BCUT2D eigenvalue weighted by atomic mass is 19.1. The number of hydrogen-bond acceptors (Lipinski definition) is 2. The molecule has 0 atom stereocenters. The number of carbonyl (C=O) groups excluding carboxylic acids is 1. The Labute approximate surface area is 121 Å². The van der Waals surface area contributed by atoms with E-state index in [0.717, 1.165) is 42.8 Å². The summed E-state index contributed by atoms with van der Waals surface area (Å²) in [6.45, 7) is 0.783. The Morgan fingerprint density at radius 3 is 2.57 bits per heavy atom. The predicted octanol–water partition coefficient (Wildman–Crippen LogP) is 3.58. The summed E-state index contributed by atoms with van der Waals surface area (Å²) in [6.07, 6.45) is 1.89. The van der Waals surface area contributed by atoms with Gasteiger partial charge in [0.25, 0.3) is 5.91 Å². The highest BCUT2D eigenvalue weighted by Gasteiger charge is 2.19. The minimum absolute atomic E-state index is 0.398. The zero-order valence-corrected chi connectivity index (χ0v) is 11.2. The van der Waals surface area contributed by atoms with Gasteiger partial charge < -0.3 is 10.6 Å². The van der Waals surface area contributed by atoms with Crippen LogP contribution in [0.4, 0.5) is 20.2 Å². The fourth-order valence-electron chi connectivity index (χ4n) is 2.50. The molecule has 0 radical (unpaired) electrons. The quantitative estimate of drug-likeness (QED) is 0.887. The predicted molar refractivity (Wildman–Crippen MR) is 77.6 cm³/mol. The third-order valence-corrected chi connectivity index (χ3v) is 3.52. The van der Waals surface area contributed by atoms with Gasteiger partial charge in [-0.1, -0.05) is 18.2 Å². The molecule has 0 bridgehead atoms. The summed E-state index contributed by atoms with van der Waals surface area (Å²) in [5, 5.41) is 5.49. The minimum atomic E-state index is -0.791. The van der Waals surface area contributed by atoms with Crippen LogP contribution >= 0.6 is 0 Å². The van der Waals surface area contributed by atoms with Crippen LogP contribution in [0.3, 0.4) is 0 Å². The Kier molecular flexibility index (Phi) is 3.56. The Morgan fingerprint density at radius 1 is 1.10 bits per heavy atom. The van der Waals surface area contributed by atoms with Crippen LogP contribution in [0.5, 0.6) is 0 Å². The van der Waals surface area contributed by atoms with Gasteiger partial charge in [-0.15, -0.1) is 0 Å². The van der Waals surface area contributed by atoms with Gasteiger partial charge in [0.2, 0.25) is 0 Å². The van der Waals surface area contributed by atoms with Gasteiger partial charge in [-0.25, -0.2) is 8.78 Å². The van der Waals surface area contributed by atoms with Gasteiger partial charge in [-0.05, 0) is 36.6 Å². The van der Waals surface area contributed by atoms with E-state index in [1.165, 1.54) is 6.07 Å². The van der Waals surface area contributed by atoms with Crippen molar-refractivity contribution in [2.24, 2.45) is 0 Å². The summed E-state index contributed by atoms with van der Waals surface area (Å²) in [4.78, 5) is 12.3. The monoisotopic (exact) mass is 288 g/mol. The SMILES string of the molecule is O=C(Nc1c(F)cccc1F)c1cccc2c1NCCC2. The Hall–Kier alpha value is -2.43. The maximum absolute atomic E-state index is 13.6. The lowest BCUT2D eigenvalue weighted by Crippen LogP contribution is -2.20. The van der Waals surface area contributed by atoms with Gasteiger partial charge in [0.05, 0.1) is 11.3 Å². The molecule has 0 spiro atoms. The molecule has 1 amide bonds. The highest BCUT2D eigenvalue weighted by Crippen LogP contribution is 2.27. The number of hydrogen-bond donors (Lipinski definition) is 2. The van der Waals surface area contributed by atoms with E-state index in [9.17, 15) is 13.6 Å². The summed E-state index contributed by atoms with van der Waals surface area (Å²) in [5.74, 6) is -2.10. The number of fused-ring (bicyclic) bond motifs is 1. The fraction of sp³-hybridized carbons (Fsp3) is 0.188. The molecule has 5 heteroatoms. The van der Waals surface area contributed by atoms with Crippen LogP contribution in [0.2, 0.25) is 0 Å². The van der Waals surface area contributed by atoms with E-state index in [4.69, 9.17) is 0 Å². The number of rotatable bonds is 2. The van der Waals surface area contributed by atoms with Crippen LogP contribution in [0, 0.1) is 11.6 Å². The number of aryl methyl sites for hydroxylation is 1. The molecule has 0 fully saturated rings. The first-order valence-electron chi connectivity index (χ1n) is 6.78. The molecule has 1 aliphatic rings. The molecule has 0 unspecified atom stereocenters. The van der Waals surface area contributed by atoms with Gasteiger partial charge >= 0.3 is 0 Å². The van der Waals surface area contributed by atoms with E-state index >= 15 is 0 Å². The first kappa shape index (κ1) is 13.5. The summed E-state index contributed by atoms with van der Waals surface area (Å²) in [7, 11) is 0. The number of benzene rings is 2. The van der Waals surface area contributed by atoms with E-state index in [2.05, 4.69) is 10.6 Å². The lowest BCUT2D eigenvalue weighted by atomic mass is 9.99. The number of halogens is 2. The van der Waals surface area contributed by atoms with Crippen LogP contribution < -0.4 is 10.6 Å². The standard InChI is InChI=1S/C16H14F2N2O/c17-12-7-2-8-13(18)15(12)20-16(21)11-6-1-4-10-5-3-9-19-14(10)11/h1-2,4,6-8,19H,3,5,9H2,(H,20,21). The van der Waals surface area contributed by atoms with E-state index in [1.54, 1.807) is 12.1 Å². The molecule has 0 aromatic heterocycles. The maximum atomic E-state index is 13.6. The average Bonchev–Trinajstić information content (AvgIpc) is 2.50. The van der Waals surface area contributed by atoms with E-state index in [-0.39, 0.29) is 0 Å².